The number of aromatic nitrogens is 1. The highest BCUT2D eigenvalue weighted by Gasteiger charge is 1.96. The van der Waals surface area contributed by atoms with Crippen LogP contribution in [-0.2, 0) is 5.75 Å². The molecule has 14 heavy (non-hydrogen) atoms. The maximum absolute atomic E-state index is 5.28. The molecule has 0 fully saturated rings. The van der Waals surface area contributed by atoms with Gasteiger partial charge in [-0.15, -0.1) is 0 Å². The van der Waals surface area contributed by atoms with Gasteiger partial charge in [0.05, 0.1) is 5.69 Å². The van der Waals surface area contributed by atoms with Crippen molar-refractivity contribution in [1.29, 1.82) is 0 Å². The highest BCUT2D eigenvalue weighted by molar-refractivity contribution is 7.98. The maximum Gasteiger partial charge on any atom is 0.140 e. The van der Waals surface area contributed by atoms with Gasteiger partial charge in [-0.3, -0.25) is 0 Å². The molecule has 0 atom stereocenters. The summed E-state index contributed by atoms with van der Waals surface area (Å²) in [6.45, 7) is 2.21. The van der Waals surface area contributed by atoms with Gasteiger partial charge in [0.2, 0.25) is 0 Å². The van der Waals surface area contributed by atoms with Gasteiger partial charge in [0.25, 0.3) is 0 Å². The minimum atomic E-state index is 0.735. The molecular formula is C10H17N3S. The average Bonchev–Trinajstić information content (AvgIpc) is 2.25. The largest absolute Gasteiger partial charge is 0.308 e. The Kier molecular flexibility index (Phi) is 5.40. The van der Waals surface area contributed by atoms with Crippen molar-refractivity contribution in [2.45, 2.75) is 25.5 Å². The zero-order valence-electron chi connectivity index (χ0n) is 8.49. The summed E-state index contributed by atoms with van der Waals surface area (Å²) >= 11 is 1.92. The van der Waals surface area contributed by atoms with Crippen LogP contribution in [0.2, 0.25) is 0 Å². The number of pyridine rings is 1. The molecule has 0 aromatic carbocycles. The summed E-state index contributed by atoms with van der Waals surface area (Å²) in [6.07, 6.45) is 2.53. The number of anilines is 1. The standard InChI is InChI=1S/C10H17N3S/c1-2-3-7-14-8-9-5-4-6-10(12-9)13-11/h4-6H,2-3,7-8,11H2,1H3,(H,12,13). The fraction of sp³-hybridized carbons (Fsp3) is 0.500. The van der Waals surface area contributed by atoms with Crippen LogP contribution in [0.3, 0.4) is 0 Å². The van der Waals surface area contributed by atoms with E-state index < -0.39 is 0 Å². The van der Waals surface area contributed by atoms with Crippen LogP contribution < -0.4 is 11.3 Å². The van der Waals surface area contributed by atoms with Crippen LogP contribution in [0.15, 0.2) is 18.2 Å². The molecule has 0 radical (unpaired) electrons. The minimum absolute atomic E-state index is 0.735. The normalized spacial score (nSPS) is 10.1. The van der Waals surface area contributed by atoms with Crippen LogP contribution in [0, 0.1) is 0 Å². The molecule has 3 nitrogen and oxygen atoms in total. The Bertz CT molecular complexity index is 265. The summed E-state index contributed by atoms with van der Waals surface area (Å²) in [6, 6.07) is 5.86. The van der Waals surface area contributed by atoms with Crippen molar-refractivity contribution in [2.75, 3.05) is 11.2 Å². The number of nitrogens with one attached hydrogen (secondary N) is 1. The zero-order valence-corrected chi connectivity index (χ0v) is 9.31. The third-order valence-corrected chi connectivity index (χ3v) is 2.92. The number of hydrazine groups is 1. The van der Waals surface area contributed by atoms with Gasteiger partial charge in [-0.2, -0.15) is 11.8 Å². The van der Waals surface area contributed by atoms with Crippen LogP contribution in [-0.4, -0.2) is 10.7 Å². The van der Waals surface area contributed by atoms with E-state index in [1.165, 1.54) is 18.6 Å². The molecule has 0 aliphatic carbocycles. The van der Waals surface area contributed by atoms with Crippen molar-refractivity contribution >= 4 is 17.6 Å². The number of nitrogen functional groups attached to an aromatic ring is 1. The first-order valence-corrected chi connectivity index (χ1v) is 6.02. The Morgan fingerprint density at radius 2 is 2.36 bits per heavy atom. The Morgan fingerprint density at radius 1 is 1.50 bits per heavy atom. The summed E-state index contributed by atoms with van der Waals surface area (Å²) in [7, 11) is 0. The first kappa shape index (κ1) is 11.3. The lowest BCUT2D eigenvalue weighted by Gasteiger charge is -2.03. The highest BCUT2D eigenvalue weighted by Crippen LogP contribution is 2.13. The molecule has 0 unspecified atom stereocenters. The lowest BCUT2D eigenvalue weighted by molar-refractivity contribution is 0.895. The van der Waals surface area contributed by atoms with Crippen molar-refractivity contribution in [1.82, 2.24) is 4.98 Å². The number of nitrogens with zero attached hydrogens (tertiary/aromatic N) is 1. The van der Waals surface area contributed by atoms with E-state index in [1.807, 2.05) is 30.0 Å². The lowest BCUT2D eigenvalue weighted by atomic mass is 10.4. The molecule has 4 heteroatoms. The second-order valence-electron chi connectivity index (χ2n) is 3.06. The summed E-state index contributed by atoms with van der Waals surface area (Å²) in [5, 5.41) is 0. The summed E-state index contributed by atoms with van der Waals surface area (Å²) < 4.78 is 0. The first-order valence-electron chi connectivity index (χ1n) is 4.87. The quantitative estimate of drug-likeness (QED) is 0.431. The van der Waals surface area contributed by atoms with E-state index in [4.69, 9.17) is 5.84 Å². The van der Waals surface area contributed by atoms with Gasteiger partial charge in [-0.05, 0) is 24.3 Å². The summed E-state index contributed by atoms with van der Waals surface area (Å²) in [4.78, 5) is 4.33. The Labute approximate surface area is 89.5 Å². The van der Waals surface area contributed by atoms with E-state index in [-0.39, 0.29) is 0 Å². The fourth-order valence-electron chi connectivity index (χ4n) is 1.06. The average molecular weight is 211 g/mol. The first-order chi connectivity index (χ1) is 6.86. The second kappa shape index (κ2) is 6.68. The molecule has 0 saturated heterocycles. The SMILES string of the molecule is CCCCSCc1cccc(NN)n1. The molecule has 0 aliphatic rings. The van der Waals surface area contributed by atoms with Crippen LogP contribution in [0.1, 0.15) is 25.5 Å². The predicted octanol–water partition coefficient (Wildman–Crippen LogP) is 2.40. The van der Waals surface area contributed by atoms with E-state index in [1.54, 1.807) is 0 Å². The summed E-state index contributed by atoms with van der Waals surface area (Å²) in [5.41, 5.74) is 3.63. The maximum atomic E-state index is 5.28. The van der Waals surface area contributed by atoms with Gasteiger partial charge in [0.1, 0.15) is 5.82 Å². The van der Waals surface area contributed by atoms with E-state index in [9.17, 15) is 0 Å². The van der Waals surface area contributed by atoms with Crippen LogP contribution in [0.5, 0.6) is 0 Å². The van der Waals surface area contributed by atoms with Gasteiger partial charge in [0, 0.05) is 5.75 Å². The molecule has 1 aromatic heterocycles. The van der Waals surface area contributed by atoms with Crippen LogP contribution in [0.25, 0.3) is 0 Å². The molecule has 78 valence electrons. The molecule has 1 heterocycles. The Balaban J connectivity index is 2.34. The van der Waals surface area contributed by atoms with Crippen molar-refractivity contribution in [3.8, 4) is 0 Å². The van der Waals surface area contributed by atoms with Crippen molar-refractivity contribution < 1.29 is 0 Å². The van der Waals surface area contributed by atoms with E-state index >= 15 is 0 Å². The highest BCUT2D eigenvalue weighted by atomic mass is 32.2. The molecule has 0 bridgehead atoms. The van der Waals surface area contributed by atoms with Gasteiger partial charge in [-0.1, -0.05) is 19.4 Å². The number of hydrogen-bond acceptors (Lipinski definition) is 4. The molecule has 3 N–H and O–H groups in total. The molecule has 0 saturated carbocycles. The van der Waals surface area contributed by atoms with Crippen LogP contribution in [0.4, 0.5) is 5.82 Å². The van der Waals surface area contributed by atoms with Gasteiger partial charge in [0.15, 0.2) is 0 Å². The molecule has 0 amide bonds. The number of hydrogen-bond donors (Lipinski definition) is 2. The molecular weight excluding hydrogens is 194 g/mol. The number of thioether (sulfide) groups is 1. The predicted molar refractivity (Wildman–Crippen MR) is 63.1 cm³/mol. The van der Waals surface area contributed by atoms with Crippen molar-refractivity contribution in [3.05, 3.63) is 23.9 Å². The zero-order chi connectivity index (χ0) is 10.2. The van der Waals surface area contributed by atoms with Crippen LogP contribution >= 0.6 is 11.8 Å². The van der Waals surface area contributed by atoms with Gasteiger partial charge in [-0.25, -0.2) is 10.8 Å². The third kappa shape index (κ3) is 3.98. The minimum Gasteiger partial charge on any atom is -0.308 e. The second-order valence-corrected chi connectivity index (χ2v) is 4.17. The Hall–Kier alpha value is -0.740. The number of unbranched alkanes of at least 4 members (excludes halogenated alkanes) is 1. The number of nitrogens with two attached hydrogens (primary N) is 1. The number of rotatable bonds is 6. The molecule has 1 aromatic rings. The van der Waals surface area contributed by atoms with Gasteiger partial charge >= 0.3 is 0 Å². The third-order valence-electron chi connectivity index (χ3n) is 1.85. The van der Waals surface area contributed by atoms with E-state index in [0.717, 1.165) is 17.3 Å². The summed E-state index contributed by atoms with van der Waals surface area (Å²) in [5.74, 6) is 8.19. The monoisotopic (exact) mass is 211 g/mol. The topological polar surface area (TPSA) is 50.9 Å². The lowest BCUT2D eigenvalue weighted by Crippen LogP contribution is -2.08. The molecule has 0 spiro atoms. The smallest absolute Gasteiger partial charge is 0.140 e. The van der Waals surface area contributed by atoms with E-state index in [2.05, 4.69) is 17.3 Å². The molecule has 1 rings (SSSR count). The van der Waals surface area contributed by atoms with Crippen molar-refractivity contribution in [3.63, 3.8) is 0 Å². The molecule has 0 aliphatic heterocycles. The Morgan fingerprint density at radius 3 is 3.07 bits per heavy atom. The van der Waals surface area contributed by atoms with Gasteiger partial charge < -0.3 is 5.43 Å². The van der Waals surface area contributed by atoms with E-state index in [0.29, 0.717) is 0 Å². The fourth-order valence-corrected chi connectivity index (χ4v) is 2.07. The van der Waals surface area contributed by atoms with Crippen molar-refractivity contribution in [2.24, 2.45) is 5.84 Å².